The highest BCUT2D eigenvalue weighted by Crippen LogP contribution is 2.12. The van der Waals surface area contributed by atoms with Gasteiger partial charge in [0, 0.05) is 13.1 Å². The Morgan fingerprint density at radius 2 is 2.00 bits per heavy atom. The molecule has 88 valence electrons. The summed E-state index contributed by atoms with van der Waals surface area (Å²) in [5.74, 6) is -1.14. The minimum Gasteiger partial charge on any atom is -0.480 e. The van der Waals surface area contributed by atoms with Crippen molar-refractivity contribution in [2.45, 2.75) is 32.2 Å². The summed E-state index contributed by atoms with van der Waals surface area (Å²) < 4.78 is 26.8. The van der Waals surface area contributed by atoms with Gasteiger partial charge in [-0.25, -0.2) is 0 Å². The van der Waals surface area contributed by atoms with Gasteiger partial charge < -0.3 is 5.11 Å². The number of hydrogen-bond donors (Lipinski definition) is 2. The number of nitrogens with zero attached hydrogens (tertiary/aromatic N) is 1. The van der Waals surface area contributed by atoms with E-state index in [0.717, 1.165) is 12.8 Å². The van der Waals surface area contributed by atoms with Crippen LogP contribution in [0.25, 0.3) is 0 Å². The molecular weight excluding hydrogens is 220 g/mol. The van der Waals surface area contributed by atoms with Gasteiger partial charge in [0.25, 0.3) is 10.2 Å². The predicted octanol–water partition coefficient (Wildman–Crippen LogP) is -0.220. The topological polar surface area (TPSA) is 86.7 Å². The van der Waals surface area contributed by atoms with E-state index >= 15 is 0 Å². The molecule has 0 radical (unpaired) electrons. The number of carboxylic acids is 1. The first-order valence-corrected chi connectivity index (χ1v) is 6.41. The van der Waals surface area contributed by atoms with E-state index in [1.54, 1.807) is 6.92 Å². The third-order valence-corrected chi connectivity index (χ3v) is 4.03. The number of hydrogen-bond acceptors (Lipinski definition) is 3. The van der Waals surface area contributed by atoms with Crippen molar-refractivity contribution in [1.82, 2.24) is 9.03 Å². The maximum Gasteiger partial charge on any atom is 0.321 e. The van der Waals surface area contributed by atoms with Gasteiger partial charge in [-0.15, -0.1) is 0 Å². The second-order valence-corrected chi connectivity index (χ2v) is 5.23. The SMILES string of the molecule is CCC(NS(=O)(=O)N1CCCC1)C(=O)O. The van der Waals surface area contributed by atoms with E-state index in [1.165, 1.54) is 4.31 Å². The number of nitrogens with one attached hydrogen (secondary N) is 1. The summed E-state index contributed by atoms with van der Waals surface area (Å²) in [6, 6.07) is -1.03. The van der Waals surface area contributed by atoms with Crippen molar-refractivity contribution >= 4 is 16.2 Å². The first kappa shape index (κ1) is 12.4. The molecule has 0 bridgehead atoms. The summed E-state index contributed by atoms with van der Waals surface area (Å²) in [5.41, 5.74) is 0. The zero-order valence-corrected chi connectivity index (χ0v) is 9.46. The monoisotopic (exact) mass is 236 g/mol. The fourth-order valence-electron chi connectivity index (χ4n) is 1.49. The second-order valence-electron chi connectivity index (χ2n) is 3.53. The summed E-state index contributed by atoms with van der Waals surface area (Å²) in [5, 5.41) is 8.73. The van der Waals surface area contributed by atoms with Gasteiger partial charge in [-0.05, 0) is 19.3 Å². The maximum absolute atomic E-state index is 11.7. The van der Waals surface area contributed by atoms with Gasteiger partial charge in [0.2, 0.25) is 0 Å². The lowest BCUT2D eigenvalue weighted by atomic mass is 10.2. The lowest BCUT2D eigenvalue weighted by Crippen LogP contribution is -2.47. The predicted molar refractivity (Wildman–Crippen MR) is 54.6 cm³/mol. The molecule has 0 aliphatic carbocycles. The number of carboxylic acid groups (broad SMARTS) is 1. The van der Waals surface area contributed by atoms with Gasteiger partial charge >= 0.3 is 5.97 Å². The van der Waals surface area contributed by atoms with Gasteiger partial charge in [0.1, 0.15) is 6.04 Å². The van der Waals surface area contributed by atoms with Crippen LogP contribution in [-0.4, -0.2) is 42.9 Å². The van der Waals surface area contributed by atoms with Crippen LogP contribution in [0, 0.1) is 0 Å². The summed E-state index contributed by atoms with van der Waals surface area (Å²) >= 11 is 0. The summed E-state index contributed by atoms with van der Waals surface area (Å²) in [7, 11) is -3.61. The molecule has 1 aliphatic heterocycles. The molecule has 2 N–H and O–H groups in total. The zero-order chi connectivity index (χ0) is 11.5. The van der Waals surface area contributed by atoms with Crippen LogP contribution >= 0.6 is 0 Å². The highest BCUT2D eigenvalue weighted by Gasteiger charge is 2.29. The Hall–Kier alpha value is -0.660. The minimum atomic E-state index is -3.61. The zero-order valence-electron chi connectivity index (χ0n) is 8.64. The van der Waals surface area contributed by atoms with Crippen molar-refractivity contribution in [2.75, 3.05) is 13.1 Å². The molecule has 1 rings (SSSR count). The number of rotatable bonds is 5. The third-order valence-electron chi connectivity index (χ3n) is 2.40. The van der Waals surface area contributed by atoms with Crippen molar-refractivity contribution < 1.29 is 18.3 Å². The number of carbonyl (C=O) groups is 1. The van der Waals surface area contributed by atoms with Crippen LogP contribution in [0.2, 0.25) is 0 Å². The fraction of sp³-hybridized carbons (Fsp3) is 0.875. The maximum atomic E-state index is 11.7. The Labute approximate surface area is 89.4 Å². The molecule has 6 nitrogen and oxygen atoms in total. The van der Waals surface area contributed by atoms with Crippen molar-refractivity contribution in [1.29, 1.82) is 0 Å². The molecule has 1 aliphatic rings. The highest BCUT2D eigenvalue weighted by molar-refractivity contribution is 7.87. The molecule has 0 amide bonds. The molecule has 15 heavy (non-hydrogen) atoms. The third kappa shape index (κ3) is 3.15. The number of aliphatic carboxylic acids is 1. The quantitative estimate of drug-likeness (QED) is 0.691. The van der Waals surface area contributed by atoms with Crippen molar-refractivity contribution in [3.63, 3.8) is 0 Å². The Kier molecular flexibility index (Phi) is 4.06. The van der Waals surface area contributed by atoms with Gasteiger partial charge in [-0.2, -0.15) is 17.4 Å². The first-order chi connectivity index (χ1) is 6.97. The Bertz CT molecular complexity index is 322. The molecule has 0 spiro atoms. The van der Waals surface area contributed by atoms with E-state index in [4.69, 9.17) is 5.11 Å². The molecule has 7 heteroatoms. The van der Waals surface area contributed by atoms with Crippen LogP contribution in [0.1, 0.15) is 26.2 Å². The lowest BCUT2D eigenvalue weighted by Gasteiger charge is -2.19. The van der Waals surface area contributed by atoms with Gasteiger partial charge in [-0.3, -0.25) is 4.79 Å². The normalized spacial score (nSPS) is 20.3. The average Bonchev–Trinajstić information content (AvgIpc) is 2.67. The van der Waals surface area contributed by atoms with Crippen molar-refractivity contribution in [3.8, 4) is 0 Å². The van der Waals surface area contributed by atoms with Crippen LogP contribution in [0.3, 0.4) is 0 Å². The van der Waals surface area contributed by atoms with E-state index < -0.39 is 22.2 Å². The molecule has 0 saturated carbocycles. The van der Waals surface area contributed by atoms with Gasteiger partial charge in [-0.1, -0.05) is 6.92 Å². The summed E-state index contributed by atoms with van der Waals surface area (Å²) in [4.78, 5) is 10.7. The summed E-state index contributed by atoms with van der Waals surface area (Å²) in [6.07, 6.45) is 1.91. The fourth-order valence-corrected chi connectivity index (χ4v) is 3.01. The van der Waals surface area contributed by atoms with Crippen LogP contribution in [0.4, 0.5) is 0 Å². The van der Waals surface area contributed by atoms with Crippen LogP contribution in [-0.2, 0) is 15.0 Å². The molecule has 0 aromatic rings. The Morgan fingerprint density at radius 3 is 2.40 bits per heavy atom. The summed E-state index contributed by atoms with van der Waals surface area (Å²) in [6.45, 7) is 2.59. The molecule has 1 heterocycles. The minimum absolute atomic E-state index is 0.238. The Balaban J connectivity index is 2.65. The molecule has 1 fully saturated rings. The van der Waals surface area contributed by atoms with Crippen LogP contribution < -0.4 is 4.72 Å². The van der Waals surface area contributed by atoms with E-state index in [2.05, 4.69) is 4.72 Å². The van der Waals surface area contributed by atoms with Crippen molar-refractivity contribution in [2.24, 2.45) is 0 Å². The van der Waals surface area contributed by atoms with Crippen LogP contribution in [0.15, 0.2) is 0 Å². The van der Waals surface area contributed by atoms with Crippen LogP contribution in [0.5, 0.6) is 0 Å². The smallest absolute Gasteiger partial charge is 0.321 e. The molecular formula is C8H16N2O4S. The molecule has 1 unspecified atom stereocenters. The molecule has 0 aromatic carbocycles. The van der Waals surface area contributed by atoms with E-state index in [0.29, 0.717) is 13.1 Å². The van der Waals surface area contributed by atoms with Gasteiger partial charge in [0.15, 0.2) is 0 Å². The molecule has 1 saturated heterocycles. The van der Waals surface area contributed by atoms with E-state index in [1.807, 2.05) is 0 Å². The van der Waals surface area contributed by atoms with E-state index in [9.17, 15) is 13.2 Å². The standard InChI is InChI=1S/C8H16N2O4S/c1-2-7(8(11)12)9-15(13,14)10-5-3-4-6-10/h7,9H,2-6H2,1H3,(H,11,12). The highest BCUT2D eigenvalue weighted by atomic mass is 32.2. The average molecular weight is 236 g/mol. The second kappa shape index (κ2) is 4.91. The van der Waals surface area contributed by atoms with Gasteiger partial charge in [0.05, 0.1) is 0 Å². The van der Waals surface area contributed by atoms with E-state index in [-0.39, 0.29) is 6.42 Å². The molecule has 0 aromatic heterocycles. The van der Waals surface area contributed by atoms with Crippen molar-refractivity contribution in [3.05, 3.63) is 0 Å². The lowest BCUT2D eigenvalue weighted by molar-refractivity contribution is -0.139. The Morgan fingerprint density at radius 1 is 1.47 bits per heavy atom. The first-order valence-electron chi connectivity index (χ1n) is 4.97. The largest absolute Gasteiger partial charge is 0.480 e. The molecule has 1 atom stereocenters.